The summed E-state index contributed by atoms with van der Waals surface area (Å²) in [5.74, 6) is -0.367. The van der Waals surface area contributed by atoms with Crippen molar-refractivity contribution >= 4 is 17.3 Å². The van der Waals surface area contributed by atoms with Crippen molar-refractivity contribution in [3.8, 4) is 0 Å². The van der Waals surface area contributed by atoms with Crippen LogP contribution in [0.1, 0.15) is 29.2 Å². The predicted octanol–water partition coefficient (Wildman–Crippen LogP) is 4.95. The van der Waals surface area contributed by atoms with Gasteiger partial charge in [-0.15, -0.1) is 0 Å². The molecule has 3 aromatic carbocycles. The zero-order valence-electron chi connectivity index (χ0n) is 17.1. The molecule has 0 saturated heterocycles. The highest BCUT2D eigenvalue weighted by Crippen LogP contribution is 2.33. The second kappa shape index (κ2) is 8.49. The Morgan fingerprint density at radius 2 is 1.70 bits per heavy atom. The molecular weight excluding hydrogens is 377 g/mol. The van der Waals surface area contributed by atoms with Crippen LogP contribution in [-0.2, 0) is 4.79 Å². The molecule has 0 saturated carbocycles. The molecule has 0 radical (unpaired) electrons. The Labute approximate surface area is 176 Å². The summed E-state index contributed by atoms with van der Waals surface area (Å²) in [7, 11) is 1.90. The van der Waals surface area contributed by atoms with Crippen molar-refractivity contribution in [2.75, 3.05) is 18.5 Å². The maximum Gasteiger partial charge on any atom is 0.262 e. The molecule has 0 aromatic heterocycles. The van der Waals surface area contributed by atoms with Crippen molar-refractivity contribution in [1.82, 2.24) is 5.01 Å². The van der Waals surface area contributed by atoms with Gasteiger partial charge in [0.05, 0.1) is 18.3 Å². The first-order valence-electron chi connectivity index (χ1n) is 9.99. The SMILES string of the molecule is Cc1ccc(C2CC(c3ccc(F)cc3)=NN2C(=O)CN(C)c2ccccc2)cc1. The minimum absolute atomic E-state index is 0.0796. The van der Waals surface area contributed by atoms with E-state index < -0.39 is 0 Å². The van der Waals surface area contributed by atoms with Crippen LogP contribution in [0.15, 0.2) is 84.0 Å². The second-order valence-electron chi connectivity index (χ2n) is 7.61. The van der Waals surface area contributed by atoms with Crippen LogP contribution >= 0.6 is 0 Å². The third-order valence-electron chi connectivity index (χ3n) is 5.37. The molecular formula is C25H24FN3O. The van der Waals surface area contributed by atoms with Crippen LogP contribution in [-0.4, -0.2) is 30.2 Å². The number of hydrazone groups is 1. The normalized spacial score (nSPS) is 15.8. The summed E-state index contributed by atoms with van der Waals surface area (Å²) in [6, 6.07) is 24.1. The maximum absolute atomic E-state index is 13.4. The lowest BCUT2D eigenvalue weighted by atomic mass is 9.97. The van der Waals surface area contributed by atoms with Crippen LogP contribution < -0.4 is 4.90 Å². The molecule has 0 bridgehead atoms. The monoisotopic (exact) mass is 401 g/mol. The highest BCUT2D eigenvalue weighted by molar-refractivity contribution is 6.03. The Balaban J connectivity index is 1.61. The molecule has 30 heavy (non-hydrogen) atoms. The van der Waals surface area contributed by atoms with Crippen LogP contribution in [0.5, 0.6) is 0 Å². The lowest BCUT2D eigenvalue weighted by molar-refractivity contribution is -0.131. The van der Waals surface area contributed by atoms with Gasteiger partial charge < -0.3 is 4.90 Å². The Hall–Kier alpha value is -3.47. The number of anilines is 1. The number of halogens is 1. The van der Waals surface area contributed by atoms with E-state index in [9.17, 15) is 9.18 Å². The number of amides is 1. The fourth-order valence-electron chi connectivity index (χ4n) is 3.65. The van der Waals surface area contributed by atoms with Gasteiger partial charge in [0.25, 0.3) is 5.91 Å². The third kappa shape index (κ3) is 4.25. The highest BCUT2D eigenvalue weighted by atomic mass is 19.1. The zero-order valence-corrected chi connectivity index (χ0v) is 17.1. The Bertz CT molecular complexity index is 1050. The number of carbonyl (C=O) groups is 1. The minimum Gasteiger partial charge on any atom is -0.365 e. The lowest BCUT2D eigenvalue weighted by Crippen LogP contribution is -2.36. The number of para-hydroxylation sites is 1. The average Bonchev–Trinajstić information content (AvgIpc) is 3.21. The van der Waals surface area contributed by atoms with E-state index in [0.717, 1.165) is 28.1 Å². The molecule has 1 aliphatic heterocycles. The molecule has 0 fully saturated rings. The van der Waals surface area contributed by atoms with Crippen LogP contribution in [0, 0.1) is 12.7 Å². The van der Waals surface area contributed by atoms with Crippen molar-refractivity contribution in [1.29, 1.82) is 0 Å². The van der Waals surface area contributed by atoms with Gasteiger partial charge in [0.1, 0.15) is 5.82 Å². The fraction of sp³-hybridized carbons (Fsp3) is 0.200. The fourth-order valence-corrected chi connectivity index (χ4v) is 3.65. The second-order valence-corrected chi connectivity index (χ2v) is 7.61. The number of hydrogen-bond donors (Lipinski definition) is 0. The number of likely N-dealkylation sites (N-methyl/N-ethyl adjacent to an activating group) is 1. The standard InChI is InChI=1S/C25H24FN3O/c1-18-8-10-20(11-9-18)24-16-23(19-12-14-21(26)15-13-19)27-29(24)25(30)17-28(2)22-6-4-3-5-7-22/h3-15,24H,16-17H2,1-2H3. The minimum atomic E-state index is -0.287. The molecule has 5 heteroatoms. The first kappa shape index (κ1) is 19.8. The topological polar surface area (TPSA) is 35.9 Å². The first-order chi connectivity index (χ1) is 14.5. The van der Waals surface area contributed by atoms with E-state index in [0.29, 0.717) is 6.42 Å². The van der Waals surface area contributed by atoms with E-state index in [4.69, 9.17) is 0 Å². The molecule has 152 valence electrons. The lowest BCUT2D eigenvalue weighted by Gasteiger charge is -2.25. The molecule has 3 aromatic rings. The zero-order chi connectivity index (χ0) is 21.1. The van der Waals surface area contributed by atoms with Gasteiger partial charge in [-0.2, -0.15) is 5.10 Å². The molecule has 4 rings (SSSR count). The maximum atomic E-state index is 13.4. The first-order valence-corrected chi connectivity index (χ1v) is 9.99. The molecule has 0 spiro atoms. The van der Waals surface area contributed by atoms with Gasteiger partial charge >= 0.3 is 0 Å². The molecule has 1 heterocycles. The van der Waals surface area contributed by atoms with Gasteiger partial charge in [0.2, 0.25) is 0 Å². The summed E-state index contributed by atoms with van der Waals surface area (Å²) in [6.45, 7) is 2.25. The van der Waals surface area contributed by atoms with E-state index in [1.54, 1.807) is 17.1 Å². The molecule has 1 unspecified atom stereocenters. The van der Waals surface area contributed by atoms with Crippen molar-refractivity contribution in [3.63, 3.8) is 0 Å². The number of rotatable bonds is 5. The third-order valence-corrected chi connectivity index (χ3v) is 5.37. The van der Waals surface area contributed by atoms with Gasteiger partial charge in [0.15, 0.2) is 0 Å². The number of aryl methyl sites for hydroxylation is 1. The smallest absolute Gasteiger partial charge is 0.262 e. The van der Waals surface area contributed by atoms with Crippen molar-refractivity contribution < 1.29 is 9.18 Å². The van der Waals surface area contributed by atoms with E-state index >= 15 is 0 Å². The van der Waals surface area contributed by atoms with E-state index in [-0.39, 0.29) is 24.3 Å². The number of benzene rings is 3. The van der Waals surface area contributed by atoms with Gasteiger partial charge in [-0.3, -0.25) is 4.79 Å². The van der Waals surface area contributed by atoms with Crippen molar-refractivity contribution in [2.24, 2.45) is 5.10 Å². The number of nitrogens with zero attached hydrogens (tertiary/aromatic N) is 3. The van der Waals surface area contributed by atoms with E-state index in [1.807, 2.05) is 73.5 Å². The average molecular weight is 401 g/mol. The Morgan fingerprint density at radius 3 is 2.37 bits per heavy atom. The summed E-state index contributed by atoms with van der Waals surface area (Å²) < 4.78 is 13.4. The van der Waals surface area contributed by atoms with Gasteiger partial charge in [-0.1, -0.05) is 60.2 Å². The molecule has 0 aliphatic carbocycles. The quantitative estimate of drug-likeness (QED) is 0.607. The van der Waals surface area contributed by atoms with Crippen molar-refractivity contribution in [3.05, 3.63) is 101 Å². The predicted molar refractivity (Wildman–Crippen MR) is 118 cm³/mol. The van der Waals surface area contributed by atoms with Crippen molar-refractivity contribution in [2.45, 2.75) is 19.4 Å². The van der Waals surface area contributed by atoms with Crippen LogP contribution in [0.2, 0.25) is 0 Å². The van der Waals surface area contributed by atoms with E-state index in [1.165, 1.54) is 12.1 Å². The molecule has 1 aliphatic rings. The number of hydrogen-bond acceptors (Lipinski definition) is 3. The summed E-state index contributed by atoms with van der Waals surface area (Å²) in [5, 5.41) is 6.25. The molecule has 0 N–H and O–H groups in total. The summed E-state index contributed by atoms with van der Waals surface area (Å²) in [5.41, 5.74) is 4.80. The van der Waals surface area contributed by atoms with Crippen LogP contribution in [0.25, 0.3) is 0 Å². The van der Waals surface area contributed by atoms with Crippen LogP contribution in [0.3, 0.4) is 0 Å². The summed E-state index contributed by atoms with van der Waals surface area (Å²) in [4.78, 5) is 15.1. The Morgan fingerprint density at radius 1 is 1.03 bits per heavy atom. The van der Waals surface area contributed by atoms with E-state index in [2.05, 4.69) is 5.10 Å². The van der Waals surface area contributed by atoms with Gasteiger partial charge in [-0.05, 0) is 42.3 Å². The largest absolute Gasteiger partial charge is 0.365 e. The molecule has 1 amide bonds. The summed E-state index contributed by atoms with van der Waals surface area (Å²) in [6.07, 6.45) is 0.593. The van der Waals surface area contributed by atoms with Gasteiger partial charge in [-0.25, -0.2) is 9.40 Å². The van der Waals surface area contributed by atoms with Crippen LogP contribution in [0.4, 0.5) is 10.1 Å². The summed E-state index contributed by atoms with van der Waals surface area (Å²) >= 11 is 0. The number of carbonyl (C=O) groups excluding carboxylic acids is 1. The molecule has 4 nitrogen and oxygen atoms in total. The van der Waals surface area contributed by atoms with Gasteiger partial charge in [0, 0.05) is 19.2 Å². The Kier molecular flexibility index (Phi) is 5.61. The molecule has 1 atom stereocenters. The highest BCUT2D eigenvalue weighted by Gasteiger charge is 2.33.